The molecule has 5 nitrogen and oxygen atoms in total. The second-order valence-electron chi connectivity index (χ2n) is 6.09. The standard InChI is InChI=1S/C18H21N5/c1-11(2)14-5-7-15(8-6-14)16-9-12(3)20-18(21-16)23-17(19)10-13(4)22-23/h5-11H,19H2,1-4H3. The molecule has 23 heavy (non-hydrogen) atoms. The highest BCUT2D eigenvalue weighted by Crippen LogP contribution is 2.23. The lowest BCUT2D eigenvalue weighted by atomic mass is 10.0. The molecular formula is C18H21N5. The topological polar surface area (TPSA) is 69.6 Å². The van der Waals surface area contributed by atoms with E-state index < -0.39 is 0 Å². The van der Waals surface area contributed by atoms with Crippen molar-refractivity contribution in [2.75, 3.05) is 5.73 Å². The normalized spacial score (nSPS) is 11.2. The third-order valence-corrected chi connectivity index (χ3v) is 3.76. The molecule has 0 bridgehead atoms. The Morgan fingerprint density at radius 3 is 2.22 bits per heavy atom. The molecule has 3 rings (SSSR count). The van der Waals surface area contributed by atoms with E-state index in [2.05, 4.69) is 53.2 Å². The predicted octanol–water partition coefficient (Wildman–Crippen LogP) is 3.65. The monoisotopic (exact) mass is 307 g/mol. The average molecular weight is 307 g/mol. The van der Waals surface area contributed by atoms with E-state index in [1.807, 2.05) is 26.0 Å². The summed E-state index contributed by atoms with van der Waals surface area (Å²) in [6.07, 6.45) is 0. The van der Waals surface area contributed by atoms with Crippen molar-refractivity contribution in [2.24, 2.45) is 0 Å². The summed E-state index contributed by atoms with van der Waals surface area (Å²) in [5, 5.41) is 4.36. The van der Waals surface area contributed by atoms with Gasteiger partial charge in [0.25, 0.3) is 5.95 Å². The lowest BCUT2D eigenvalue weighted by Gasteiger charge is -2.09. The van der Waals surface area contributed by atoms with E-state index in [1.54, 1.807) is 4.68 Å². The van der Waals surface area contributed by atoms with Crippen LogP contribution >= 0.6 is 0 Å². The SMILES string of the molecule is Cc1cc(-c2ccc(C(C)C)cc2)nc(-n2nc(C)cc2N)n1. The molecular weight excluding hydrogens is 286 g/mol. The number of rotatable bonds is 3. The van der Waals surface area contributed by atoms with Crippen LogP contribution in [-0.2, 0) is 0 Å². The minimum Gasteiger partial charge on any atom is -0.383 e. The molecule has 3 aromatic rings. The number of nitrogen functional groups attached to an aromatic ring is 1. The fraction of sp³-hybridized carbons (Fsp3) is 0.278. The van der Waals surface area contributed by atoms with Crippen molar-refractivity contribution in [3.63, 3.8) is 0 Å². The van der Waals surface area contributed by atoms with E-state index in [4.69, 9.17) is 5.73 Å². The molecule has 0 saturated heterocycles. The van der Waals surface area contributed by atoms with Gasteiger partial charge in [-0.1, -0.05) is 38.1 Å². The van der Waals surface area contributed by atoms with Gasteiger partial charge in [-0.25, -0.2) is 9.97 Å². The fourth-order valence-corrected chi connectivity index (χ4v) is 2.51. The first-order valence-electron chi connectivity index (χ1n) is 7.72. The van der Waals surface area contributed by atoms with Crippen molar-refractivity contribution in [1.29, 1.82) is 0 Å². The maximum absolute atomic E-state index is 5.99. The molecule has 0 atom stereocenters. The van der Waals surface area contributed by atoms with Crippen molar-refractivity contribution in [2.45, 2.75) is 33.6 Å². The van der Waals surface area contributed by atoms with Crippen LogP contribution in [0.25, 0.3) is 17.2 Å². The van der Waals surface area contributed by atoms with Crippen LogP contribution in [0.2, 0.25) is 0 Å². The van der Waals surface area contributed by atoms with Gasteiger partial charge in [-0.05, 0) is 31.4 Å². The summed E-state index contributed by atoms with van der Waals surface area (Å²) < 4.78 is 1.58. The molecule has 2 heterocycles. The van der Waals surface area contributed by atoms with Crippen LogP contribution < -0.4 is 5.73 Å². The molecule has 0 saturated carbocycles. The first kappa shape index (κ1) is 15.2. The van der Waals surface area contributed by atoms with E-state index in [9.17, 15) is 0 Å². The molecule has 2 N–H and O–H groups in total. The van der Waals surface area contributed by atoms with Gasteiger partial charge in [0.1, 0.15) is 5.82 Å². The maximum atomic E-state index is 5.99. The van der Waals surface area contributed by atoms with Crippen LogP contribution in [0, 0.1) is 13.8 Å². The number of nitrogens with two attached hydrogens (primary N) is 1. The molecule has 0 radical (unpaired) electrons. The molecule has 0 unspecified atom stereocenters. The minimum absolute atomic E-state index is 0.499. The lowest BCUT2D eigenvalue weighted by molar-refractivity contribution is 0.800. The summed E-state index contributed by atoms with van der Waals surface area (Å²) in [5.41, 5.74) is 11.0. The van der Waals surface area contributed by atoms with Gasteiger partial charge in [0.05, 0.1) is 11.4 Å². The molecule has 2 aromatic heterocycles. The lowest BCUT2D eigenvalue weighted by Crippen LogP contribution is -2.08. The van der Waals surface area contributed by atoms with Gasteiger partial charge in [0, 0.05) is 17.3 Å². The van der Waals surface area contributed by atoms with Crippen LogP contribution in [0.15, 0.2) is 36.4 Å². The summed E-state index contributed by atoms with van der Waals surface area (Å²) in [7, 11) is 0. The number of benzene rings is 1. The Morgan fingerprint density at radius 2 is 1.65 bits per heavy atom. The molecule has 1 aromatic carbocycles. The second-order valence-corrected chi connectivity index (χ2v) is 6.09. The Kier molecular flexibility index (Phi) is 3.86. The Bertz CT molecular complexity index is 831. The minimum atomic E-state index is 0.499. The van der Waals surface area contributed by atoms with Crippen molar-refractivity contribution in [3.05, 3.63) is 53.3 Å². The third kappa shape index (κ3) is 3.08. The summed E-state index contributed by atoms with van der Waals surface area (Å²) in [6, 6.07) is 12.3. The van der Waals surface area contributed by atoms with E-state index in [0.29, 0.717) is 17.7 Å². The van der Waals surface area contributed by atoms with E-state index in [-0.39, 0.29) is 0 Å². The Balaban J connectivity index is 2.05. The van der Waals surface area contributed by atoms with Gasteiger partial charge in [-0.15, -0.1) is 0 Å². The Morgan fingerprint density at radius 1 is 0.957 bits per heavy atom. The number of hydrogen-bond acceptors (Lipinski definition) is 4. The van der Waals surface area contributed by atoms with Crippen molar-refractivity contribution < 1.29 is 0 Å². The Labute approximate surface area is 136 Å². The predicted molar refractivity (Wildman–Crippen MR) is 92.6 cm³/mol. The van der Waals surface area contributed by atoms with Gasteiger partial charge >= 0.3 is 0 Å². The van der Waals surface area contributed by atoms with E-state index in [1.165, 1.54) is 5.56 Å². The first-order chi connectivity index (χ1) is 10.9. The number of hydrogen-bond donors (Lipinski definition) is 1. The van der Waals surface area contributed by atoms with Crippen molar-refractivity contribution >= 4 is 5.82 Å². The molecule has 0 aliphatic carbocycles. The fourth-order valence-electron chi connectivity index (χ4n) is 2.51. The van der Waals surface area contributed by atoms with Gasteiger partial charge < -0.3 is 5.73 Å². The van der Waals surface area contributed by atoms with Gasteiger partial charge in [-0.2, -0.15) is 9.78 Å². The number of nitrogens with zero attached hydrogens (tertiary/aromatic N) is 4. The van der Waals surface area contributed by atoms with Crippen LogP contribution in [0.3, 0.4) is 0 Å². The van der Waals surface area contributed by atoms with Gasteiger partial charge in [0.15, 0.2) is 0 Å². The smallest absolute Gasteiger partial charge is 0.253 e. The highest BCUT2D eigenvalue weighted by molar-refractivity contribution is 5.60. The number of aromatic nitrogens is 4. The van der Waals surface area contributed by atoms with Gasteiger partial charge in [-0.3, -0.25) is 0 Å². The van der Waals surface area contributed by atoms with Crippen LogP contribution in [0.1, 0.15) is 36.7 Å². The van der Waals surface area contributed by atoms with E-state index in [0.717, 1.165) is 22.6 Å². The van der Waals surface area contributed by atoms with Gasteiger partial charge in [0.2, 0.25) is 0 Å². The van der Waals surface area contributed by atoms with Crippen LogP contribution in [0.4, 0.5) is 5.82 Å². The summed E-state index contributed by atoms with van der Waals surface area (Å²) in [5.74, 6) is 1.55. The zero-order valence-electron chi connectivity index (χ0n) is 13.9. The zero-order chi connectivity index (χ0) is 16.6. The average Bonchev–Trinajstić information content (AvgIpc) is 2.85. The molecule has 0 fully saturated rings. The highest BCUT2D eigenvalue weighted by Gasteiger charge is 2.11. The molecule has 5 heteroatoms. The molecule has 0 aliphatic heterocycles. The van der Waals surface area contributed by atoms with Crippen molar-refractivity contribution in [1.82, 2.24) is 19.7 Å². The van der Waals surface area contributed by atoms with Crippen molar-refractivity contribution in [3.8, 4) is 17.2 Å². The Hall–Kier alpha value is -2.69. The maximum Gasteiger partial charge on any atom is 0.253 e. The highest BCUT2D eigenvalue weighted by atomic mass is 15.4. The largest absolute Gasteiger partial charge is 0.383 e. The number of aryl methyl sites for hydroxylation is 2. The molecule has 0 spiro atoms. The van der Waals surface area contributed by atoms with Crippen LogP contribution in [-0.4, -0.2) is 19.7 Å². The van der Waals surface area contributed by atoms with Crippen LogP contribution in [0.5, 0.6) is 0 Å². The quantitative estimate of drug-likeness (QED) is 0.802. The first-order valence-corrected chi connectivity index (χ1v) is 7.72. The molecule has 0 amide bonds. The summed E-state index contributed by atoms with van der Waals surface area (Å²) in [4.78, 5) is 9.09. The number of anilines is 1. The van der Waals surface area contributed by atoms with E-state index >= 15 is 0 Å². The molecule has 0 aliphatic rings. The summed E-state index contributed by atoms with van der Waals surface area (Å²) >= 11 is 0. The zero-order valence-corrected chi connectivity index (χ0v) is 13.9. The molecule has 118 valence electrons. The third-order valence-electron chi connectivity index (χ3n) is 3.76. The summed E-state index contributed by atoms with van der Waals surface area (Å²) in [6.45, 7) is 8.22. The second kappa shape index (κ2) is 5.83.